The Morgan fingerprint density at radius 1 is 1.50 bits per heavy atom. The van der Waals surface area contributed by atoms with Crippen molar-refractivity contribution in [2.45, 2.75) is 18.9 Å². The molecule has 0 bridgehead atoms. The molecule has 0 saturated carbocycles. The number of hydrogen-bond donors (Lipinski definition) is 3. The van der Waals surface area contributed by atoms with Gasteiger partial charge in [0.1, 0.15) is 11.6 Å². The maximum absolute atomic E-state index is 13.4. The molecule has 1 heterocycles. The highest BCUT2D eigenvalue weighted by molar-refractivity contribution is 5.57. The van der Waals surface area contributed by atoms with Crippen LogP contribution in [0.3, 0.4) is 0 Å². The Morgan fingerprint density at radius 2 is 2.29 bits per heavy atom. The fourth-order valence-corrected chi connectivity index (χ4v) is 1.86. The second-order valence-corrected chi connectivity index (χ2v) is 3.55. The topological polar surface area (TPSA) is 58.3 Å². The van der Waals surface area contributed by atoms with E-state index in [0.29, 0.717) is 5.56 Å². The highest BCUT2D eigenvalue weighted by atomic mass is 19.1. The number of nitrogen functional groups attached to an aromatic ring is 1. The smallest absolute Gasteiger partial charge is 0.146 e. The standard InChI is InChI=1S/C10H13FN2O/c11-6-3-4-7(12)10(14)9(6)8-2-1-5-13-8/h3-4,8,13-14H,1-2,5,12H2/t8-/m0/s1. The second kappa shape index (κ2) is 3.46. The number of benzene rings is 1. The van der Waals surface area contributed by atoms with Gasteiger partial charge in [-0.3, -0.25) is 0 Å². The van der Waals surface area contributed by atoms with E-state index in [2.05, 4.69) is 5.32 Å². The third-order valence-corrected chi connectivity index (χ3v) is 2.60. The summed E-state index contributed by atoms with van der Waals surface area (Å²) >= 11 is 0. The molecule has 0 radical (unpaired) electrons. The van der Waals surface area contributed by atoms with Gasteiger partial charge < -0.3 is 16.2 Å². The van der Waals surface area contributed by atoms with Gasteiger partial charge in [0, 0.05) is 11.6 Å². The molecule has 0 aromatic heterocycles. The highest BCUT2D eigenvalue weighted by Crippen LogP contribution is 2.35. The van der Waals surface area contributed by atoms with Crippen LogP contribution >= 0.6 is 0 Å². The summed E-state index contributed by atoms with van der Waals surface area (Å²) in [4.78, 5) is 0. The summed E-state index contributed by atoms with van der Waals surface area (Å²) in [7, 11) is 0. The molecule has 1 saturated heterocycles. The van der Waals surface area contributed by atoms with Crippen LogP contribution < -0.4 is 11.1 Å². The molecule has 4 heteroatoms. The SMILES string of the molecule is Nc1ccc(F)c([C@@H]2CCCN2)c1O. The minimum atomic E-state index is -0.392. The molecule has 1 aliphatic heterocycles. The Balaban J connectivity index is 2.44. The van der Waals surface area contributed by atoms with E-state index < -0.39 is 5.82 Å². The molecule has 4 N–H and O–H groups in total. The maximum atomic E-state index is 13.4. The highest BCUT2D eigenvalue weighted by Gasteiger charge is 2.23. The van der Waals surface area contributed by atoms with E-state index in [-0.39, 0.29) is 17.5 Å². The molecule has 0 aliphatic carbocycles. The van der Waals surface area contributed by atoms with Crippen LogP contribution in [-0.4, -0.2) is 11.7 Å². The summed E-state index contributed by atoms with van der Waals surface area (Å²) in [5.41, 5.74) is 6.05. The van der Waals surface area contributed by atoms with Crippen molar-refractivity contribution in [1.82, 2.24) is 5.32 Å². The van der Waals surface area contributed by atoms with Gasteiger partial charge in [0.05, 0.1) is 5.69 Å². The van der Waals surface area contributed by atoms with Gasteiger partial charge in [-0.05, 0) is 31.5 Å². The van der Waals surface area contributed by atoms with E-state index in [1.54, 1.807) is 0 Å². The van der Waals surface area contributed by atoms with Crippen molar-refractivity contribution in [2.24, 2.45) is 0 Å². The molecule has 1 aliphatic rings. The summed E-state index contributed by atoms with van der Waals surface area (Å²) in [6.45, 7) is 0.859. The van der Waals surface area contributed by atoms with Crippen molar-refractivity contribution in [3.8, 4) is 5.75 Å². The Kier molecular flexibility index (Phi) is 2.29. The molecule has 2 rings (SSSR count). The van der Waals surface area contributed by atoms with Gasteiger partial charge in [-0.25, -0.2) is 4.39 Å². The molecule has 14 heavy (non-hydrogen) atoms. The van der Waals surface area contributed by atoms with E-state index in [0.717, 1.165) is 19.4 Å². The molecule has 76 valence electrons. The molecular formula is C10H13FN2O. The lowest BCUT2D eigenvalue weighted by Gasteiger charge is -2.14. The maximum Gasteiger partial charge on any atom is 0.146 e. The van der Waals surface area contributed by atoms with Gasteiger partial charge in [-0.1, -0.05) is 0 Å². The van der Waals surface area contributed by atoms with Crippen LogP contribution in [0, 0.1) is 5.82 Å². The van der Waals surface area contributed by atoms with E-state index in [1.807, 2.05) is 0 Å². The lowest BCUT2D eigenvalue weighted by atomic mass is 10.0. The normalized spacial score (nSPS) is 21.4. The molecule has 1 aromatic carbocycles. The molecule has 0 spiro atoms. The molecular weight excluding hydrogens is 183 g/mol. The Morgan fingerprint density at radius 3 is 2.93 bits per heavy atom. The van der Waals surface area contributed by atoms with Gasteiger partial charge in [0.15, 0.2) is 0 Å². The predicted octanol–water partition coefficient (Wildman–Crippen LogP) is 1.54. The van der Waals surface area contributed by atoms with Gasteiger partial charge in [-0.15, -0.1) is 0 Å². The lowest BCUT2D eigenvalue weighted by Crippen LogP contribution is -2.14. The van der Waals surface area contributed by atoms with Crippen LogP contribution in [-0.2, 0) is 0 Å². The number of halogens is 1. The third kappa shape index (κ3) is 1.42. The number of hydrogen-bond acceptors (Lipinski definition) is 3. The minimum Gasteiger partial charge on any atom is -0.505 e. The number of nitrogens with two attached hydrogens (primary N) is 1. The number of phenolic OH excluding ortho intramolecular Hbond substituents is 1. The first-order chi connectivity index (χ1) is 6.70. The Hall–Kier alpha value is -1.29. The van der Waals surface area contributed by atoms with E-state index in [1.165, 1.54) is 12.1 Å². The molecule has 0 unspecified atom stereocenters. The first-order valence-electron chi connectivity index (χ1n) is 4.70. The van der Waals surface area contributed by atoms with E-state index in [9.17, 15) is 9.50 Å². The van der Waals surface area contributed by atoms with Gasteiger partial charge in [0.25, 0.3) is 0 Å². The molecule has 1 fully saturated rings. The van der Waals surface area contributed by atoms with Crippen molar-refractivity contribution in [3.05, 3.63) is 23.5 Å². The zero-order valence-electron chi connectivity index (χ0n) is 7.76. The summed E-state index contributed by atoms with van der Waals surface area (Å²) in [6.07, 6.45) is 1.84. The summed E-state index contributed by atoms with van der Waals surface area (Å²) < 4.78 is 13.4. The number of anilines is 1. The van der Waals surface area contributed by atoms with Crippen molar-refractivity contribution in [2.75, 3.05) is 12.3 Å². The molecule has 1 atom stereocenters. The van der Waals surface area contributed by atoms with Crippen LogP contribution in [0.2, 0.25) is 0 Å². The van der Waals surface area contributed by atoms with Crippen LogP contribution in [0.4, 0.5) is 10.1 Å². The zero-order chi connectivity index (χ0) is 10.1. The number of rotatable bonds is 1. The lowest BCUT2D eigenvalue weighted by molar-refractivity contribution is 0.445. The number of phenols is 1. The van der Waals surface area contributed by atoms with Crippen molar-refractivity contribution < 1.29 is 9.50 Å². The van der Waals surface area contributed by atoms with Crippen molar-refractivity contribution in [3.63, 3.8) is 0 Å². The van der Waals surface area contributed by atoms with Crippen LogP contribution in [0.5, 0.6) is 5.75 Å². The Labute approximate surface area is 81.7 Å². The second-order valence-electron chi connectivity index (χ2n) is 3.55. The summed E-state index contributed by atoms with van der Waals surface area (Å²) in [6, 6.07) is 2.58. The first kappa shape index (κ1) is 9.27. The fourth-order valence-electron chi connectivity index (χ4n) is 1.86. The fraction of sp³-hybridized carbons (Fsp3) is 0.400. The third-order valence-electron chi connectivity index (χ3n) is 2.60. The average molecular weight is 196 g/mol. The minimum absolute atomic E-state index is 0.0986. The largest absolute Gasteiger partial charge is 0.505 e. The average Bonchev–Trinajstić information content (AvgIpc) is 2.65. The monoisotopic (exact) mass is 196 g/mol. The van der Waals surface area contributed by atoms with Crippen LogP contribution in [0.15, 0.2) is 12.1 Å². The molecule has 1 aromatic rings. The van der Waals surface area contributed by atoms with Crippen molar-refractivity contribution in [1.29, 1.82) is 0 Å². The van der Waals surface area contributed by atoms with Gasteiger partial charge in [-0.2, -0.15) is 0 Å². The predicted molar refractivity (Wildman–Crippen MR) is 52.5 cm³/mol. The van der Waals surface area contributed by atoms with Crippen LogP contribution in [0.1, 0.15) is 24.4 Å². The van der Waals surface area contributed by atoms with Crippen LogP contribution in [0.25, 0.3) is 0 Å². The number of nitrogens with one attached hydrogen (secondary N) is 1. The quantitative estimate of drug-likeness (QED) is 0.471. The zero-order valence-corrected chi connectivity index (χ0v) is 7.76. The molecule has 3 nitrogen and oxygen atoms in total. The summed E-state index contributed by atoms with van der Waals surface area (Å²) in [5.74, 6) is -0.513. The van der Waals surface area contributed by atoms with Gasteiger partial charge in [0.2, 0.25) is 0 Å². The van der Waals surface area contributed by atoms with Crippen molar-refractivity contribution >= 4 is 5.69 Å². The molecule has 0 amide bonds. The van der Waals surface area contributed by atoms with E-state index >= 15 is 0 Å². The number of aromatic hydroxyl groups is 1. The first-order valence-corrected chi connectivity index (χ1v) is 4.70. The summed E-state index contributed by atoms with van der Waals surface area (Å²) in [5, 5.41) is 12.8. The van der Waals surface area contributed by atoms with E-state index in [4.69, 9.17) is 5.73 Å². The van der Waals surface area contributed by atoms with Gasteiger partial charge >= 0.3 is 0 Å². The Bertz CT molecular complexity index is 348.